The molecule has 0 amide bonds. The molecule has 1 saturated carbocycles. The number of nitrogens with one attached hydrogen (secondary N) is 1. The van der Waals surface area contributed by atoms with Crippen LogP contribution in [0, 0.1) is 5.92 Å². The molecule has 1 aliphatic carbocycles. The summed E-state index contributed by atoms with van der Waals surface area (Å²) in [6, 6.07) is 0. The largest absolute Gasteiger partial charge is 0.375 e. The minimum atomic E-state index is -0.509. The Morgan fingerprint density at radius 1 is 1.78 bits per heavy atom. The molecule has 0 radical (unpaired) electrons. The Morgan fingerprint density at radius 2 is 2.44 bits per heavy atom. The Labute approximate surface area is 55.6 Å². The predicted octanol–water partition coefficient (Wildman–Crippen LogP) is 0.490. The van der Waals surface area contributed by atoms with Crippen molar-refractivity contribution in [3.05, 3.63) is 12.7 Å². The first-order valence-corrected chi connectivity index (χ1v) is 3.37. The summed E-state index contributed by atoms with van der Waals surface area (Å²) in [5.74, 6) is 0.819. The summed E-state index contributed by atoms with van der Waals surface area (Å²) in [5, 5.41) is 11.8. The lowest BCUT2D eigenvalue weighted by Crippen LogP contribution is -2.28. The van der Waals surface area contributed by atoms with Gasteiger partial charge in [0.05, 0.1) is 0 Å². The van der Waals surface area contributed by atoms with Crippen molar-refractivity contribution in [1.29, 1.82) is 0 Å². The maximum absolute atomic E-state index is 8.91. The minimum Gasteiger partial charge on any atom is -0.375 e. The summed E-state index contributed by atoms with van der Waals surface area (Å²) in [4.78, 5) is 0. The zero-order valence-electron chi connectivity index (χ0n) is 5.51. The van der Waals surface area contributed by atoms with Gasteiger partial charge in [-0.1, -0.05) is 6.58 Å². The van der Waals surface area contributed by atoms with Gasteiger partial charge in [0.2, 0.25) is 0 Å². The Kier molecular flexibility index (Phi) is 2.25. The fraction of sp³-hybridized carbons (Fsp3) is 0.714. The molecular weight excluding hydrogens is 114 g/mol. The molecule has 9 heavy (non-hydrogen) atoms. The van der Waals surface area contributed by atoms with E-state index < -0.39 is 6.23 Å². The van der Waals surface area contributed by atoms with E-state index in [1.165, 1.54) is 18.9 Å². The smallest absolute Gasteiger partial charge is 0.123 e. The van der Waals surface area contributed by atoms with Crippen molar-refractivity contribution >= 4 is 0 Å². The quantitative estimate of drug-likeness (QED) is 0.425. The standard InChI is InChI=1S/C7H13NO/c1-2-7(9)8-5-6-3-4-6/h2,6-9H,1,3-5H2. The second kappa shape index (κ2) is 2.99. The second-order valence-corrected chi connectivity index (χ2v) is 2.53. The van der Waals surface area contributed by atoms with Crippen LogP contribution >= 0.6 is 0 Å². The molecule has 2 nitrogen and oxygen atoms in total. The summed E-state index contributed by atoms with van der Waals surface area (Å²) in [6.45, 7) is 4.38. The average Bonchev–Trinajstić information content (AvgIpc) is 2.65. The molecule has 1 unspecified atom stereocenters. The number of aliphatic hydroxyl groups is 1. The van der Waals surface area contributed by atoms with Crippen LogP contribution in [-0.2, 0) is 0 Å². The molecule has 0 spiro atoms. The van der Waals surface area contributed by atoms with Gasteiger partial charge in [-0.3, -0.25) is 5.32 Å². The van der Waals surface area contributed by atoms with Crippen LogP contribution in [-0.4, -0.2) is 17.9 Å². The lowest BCUT2D eigenvalue weighted by molar-refractivity contribution is 0.183. The van der Waals surface area contributed by atoms with Crippen molar-refractivity contribution < 1.29 is 5.11 Å². The molecule has 2 heteroatoms. The van der Waals surface area contributed by atoms with E-state index in [2.05, 4.69) is 11.9 Å². The van der Waals surface area contributed by atoms with Gasteiger partial charge in [0.25, 0.3) is 0 Å². The molecule has 2 N–H and O–H groups in total. The van der Waals surface area contributed by atoms with Crippen molar-refractivity contribution in [2.24, 2.45) is 5.92 Å². The van der Waals surface area contributed by atoms with E-state index in [1.807, 2.05) is 0 Å². The van der Waals surface area contributed by atoms with Gasteiger partial charge in [0.15, 0.2) is 0 Å². The Morgan fingerprint density at radius 3 is 2.89 bits per heavy atom. The van der Waals surface area contributed by atoms with Gasteiger partial charge < -0.3 is 5.11 Å². The third-order valence-electron chi connectivity index (χ3n) is 1.54. The number of rotatable bonds is 4. The highest BCUT2D eigenvalue weighted by atomic mass is 16.3. The molecule has 1 atom stereocenters. The molecule has 0 saturated heterocycles. The van der Waals surface area contributed by atoms with Gasteiger partial charge in [0.1, 0.15) is 6.23 Å². The van der Waals surface area contributed by atoms with Gasteiger partial charge in [-0.25, -0.2) is 0 Å². The van der Waals surface area contributed by atoms with Crippen LogP contribution in [0.5, 0.6) is 0 Å². The number of aliphatic hydroxyl groups excluding tert-OH is 1. The second-order valence-electron chi connectivity index (χ2n) is 2.53. The van der Waals surface area contributed by atoms with Crippen molar-refractivity contribution in [1.82, 2.24) is 5.32 Å². The first-order chi connectivity index (χ1) is 4.33. The van der Waals surface area contributed by atoms with Gasteiger partial charge in [-0.2, -0.15) is 0 Å². The fourth-order valence-electron chi connectivity index (χ4n) is 0.693. The zero-order valence-corrected chi connectivity index (χ0v) is 5.51. The van der Waals surface area contributed by atoms with Crippen molar-refractivity contribution in [3.63, 3.8) is 0 Å². The van der Waals surface area contributed by atoms with E-state index >= 15 is 0 Å². The average molecular weight is 127 g/mol. The van der Waals surface area contributed by atoms with E-state index in [0.717, 1.165) is 12.5 Å². The molecule has 1 rings (SSSR count). The van der Waals surface area contributed by atoms with Crippen LogP contribution in [0.15, 0.2) is 12.7 Å². The highest BCUT2D eigenvalue weighted by Crippen LogP contribution is 2.27. The molecule has 1 aliphatic rings. The monoisotopic (exact) mass is 127 g/mol. The van der Waals surface area contributed by atoms with E-state index in [-0.39, 0.29) is 0 Å². The summed E-state index contributed by atoms with van der Waals surface area (Å²) >= 11 is 0. The van der Waals surface area contributed by atoms with E-state index in [4.69, 9.17) is 5.11 Å². The van der Waals surface area contributed by atoms with E-state index in [9.17, 15) is 0 Å². The van der Waals surface area contributed by atoms with E-state index in [0.29, 0.717) is 0 Å². The fourth-order valence-corrected chi connectivity index (χ4v) is 0.693. The molecule has 0 aliphatic heterocycles. The van der Waals surface area contributed by atoms with Crippen LogP contribution in [0.4, 0.5) is 0 Å². The first kappa shape index (κ1) is 6.78. The van der Waals surface area contributed by atoms with E-state index in [1.54, 1.807) is 0 Å². The molecule has 0 aromatic rings. The predicted molar refractivity (Wildman–Crippen MR) is 36.9 cm³/mol. The van der Waals surface area contributed by atoms with Crippen molar-refractivity contribution in [2.45, 2.75) is 19.1 Å². The SMILES string of the molecule is C=CC(O)NCC1CC1. The Bertz CT molecular complexity index is 99.1. The third kappa shape index (κ3) is 2.63. The van der Waals surface area contributed by atoms with Crippen molar-refractivity contribution in [3.8, 4) is 0 Å². The molecule has 0 aromatic carbocycles. The van der Waals surface area contributed by atoms with Crippen LogP contribution in [0.2, 0.25) is 0 Å². The summed E-state index contributed by atoms with van der Waals surface area (Å²) < 4.78 is 0. The first-order valence-electron chi connectivity index (χ1n) is 3.37. The molecule has 1 fully saturated rings. The summed E-state index contributed by atoms with van der Waals surface area (Å²) in [5.41, 5.74) is 0. The van der Waals surface area contributed by atoms with Gasteiger partial charge in [0, 0.05) is 6.54 Å². The molecule has 0 bridgehead atoms. The lowest BCUT2D eigenvalue weighted by Gasteiger charge is -2.05. The normalized spacial score (nSPS) is 21.4. The minimum absolute atomic E-state index is 0.509. The van der Waals surface area contributed by atoms with Gasteiger partial charge in [-0.15, -0.1) is 0 Å². The summed E-state index contributed by atoms with van der Waals surface area (Å²) in [7, 11) is 0. The topological polar surface area (TPSA) is 32.3 Å². The summed E-state index contributed by atoms with van der Waals surface area (Å²) in [6.07, 6.45) is 3.63. The molecule has 0 heterocycles. The van der Waals surface area contributed by atoms with Crippen LogP contribution < -0.4 is 5.32 Å². The highest BCUT2D eigenvalue weighted by molar-refractivity contribution is 4.80. The maximum atomic E-state index is 8.91. The highest BCUT2D eigenvalue weighted by Gasteiger charge is 2.20. The van der Waals surface area contributed by atoms with Gasteiger partial charge in [-0.05, 0) is 24.8 Å². The van der Waals surface area contributed by atoms with Gasteiger partial charge >= 0.3 is 0 Å². The van der Waals surface area contributed by atoms with Crippen LogP contribution in [0.3, 0.4) is 0 Å². The van der Waals surface area contributed by atoms with Crippen molar-refractivity contribution in [2.75, 3.05) is 6.54 Å². The number of hydrogen-bond donors (Lipinski definition) is 2. The molecule has 52 valence electrons. The third-order valence-corrected chi connectivity index (χ3v) is 1.54. The molecule has 0 aromatic heterocycles. The zero-order chi connectivity index (χ0) is 6.69. The van der Waals surface area contributed by atoms with Crippen LogP contribution in [0.25, 0.3) is 0 Å². The maximum Gasteiger partial charge on any atom is 0.123 e. The Balaban J connectivity index is 1.95. The van der Waals surface area contributed by atoms with Crippen LogP contribution in [0.1, 0.15) is 12.8 Å². The Hall–Kier alpha value is -0.340. The number of hydrogen-bond acceptors (Lipinski definition) is 2. The molecular formula is C7H13NO. The lowest BCUT2D eigenvalue weighted by atomic mass is 10.4.